The van der Waals surface area contributed by atoms with Crippen LogP contribution in [0.5, 0.6) is 5.75 Å². The van der Waals surface area contributed by atoms with Gasteiger partial charge >= 0.3 is 5.57 Å². The molecule has 0 saturated carbocycles. The number of nitrogens with zero attached hydrogens (tertiary/aromatic N) is 3. The molecule has 10 heteroatoms. The number of imidazole rings is 1. The van der Waals surface area contributed by atoms with E-state index in [4.69, 9.17) is 21.3 Å². The Kier molecular flexibility index (Phi) is 7.32. The number of carbonyl (C=O) groups excluding carboxylic acids is 1. The maximum atomic E-state index is 13.3. The van der Waals surface area contributed by atoms with E-state index in [1.165, 1.54) is 24.3 Å². The predicted molar refractivity (Wildman–Crippen MR) is 142 cm³/mol. The van der Waals surface area contributed by atoms with Crippen molar-refractivity contribution >= 4 is 34.2 Å². The Bertz CT molecular complexity index is 1430. The number of aromatic nitrogens is 3. The summed E-state index contributed by atoms with van der Waals surface area (Å²) in [5.74, 6) is 0.773. The van der Waals surface area contributed by atoms with E-state index >= 15 is 0 Å². The highest BCUT2D eigenvalue weighted by Crippen LogP contribution is 2.37. The molecule has 3 heterocycles. The second-order valence-electron chi connectivity index (χ2n) is 9.48. The van der Waals surface area contributed by atoms with Gasteiger partial charge in [-0.05, 0) is 69.2 Å². The standard InChI is InChI=1S/C28H27ClF2N4O3/c1-17(2)35-25-23(19-4-3-11-32-16-19)14-20(15-24(25)34-26(35)18-9-12-37-13-10-18)27(36)33-21-5-7-22(8-6-21)38-28(29,30)31/h3-8,11,14-18H,9-10,12-13H2,1-2H3,(H,33,36). The zero-order valence-corrected chi connectivity index (χ0v) is 21.7. The summed E-state index contributed by atoms with van der Waals surface area (Å²) in [5, 5.41) is 2.82. The summed E-state index contributed by atoms with van der Waals surface area (Å²) in [6.07, 6.45) is 5.26. The molecule has 0 atom stereocenters. The fraction of sp³-hybridized carbons (Fsp3) is 0.321. The van der Waals surface area contributed by atoms with Crippen LogP contribution in [-0.4, -0.2) is 39.2 Å². The monoisotopic (exact) mass is 540 g/mol. The lowest BCUT2D eigenvalue weighted by molar-refractivity contribution is -0.0964. The van der Waals surface area contributed by atoms with E-state index in [9.17, 15) is 13.6 Å². The summed E-state index contributed by atoms with van der Waals surface area (Å²) in [4.78, 5) is 22.7. The molecule has 2 aromatic carbocycles. The summed E-state index contributed by atoms with van der Waals surface area (Å²) in [7, 11) is 0. The number of rotatable bonds is 7. The third-order valence-corrected chi connectivity index (χ3v) is 6.57. The number of halogens is 3. The first-order chi connectivity index (χ1) is 18.2. The zero-order valence-electron chi connectivity index (χ0n) is 21.0. The minimum Gasteiger partial charge on any atom is -0.420 e. The van der Waals surface area contributed by atoms with Crippen LogP contribution < -0.4 is 10.1 Å². The van der Waals surface area contributed by atoms with Gasteiger partial charge in [-0.15, -0.1) is 8.78 Å². The molecule has 0 bridgehead atoms. The number of hydrogen-bond acceptors (Lipinski definition) is 5. The van der Waals surface area contributed by atoms with Crippen molar-refractivity contribution in [1.82, 2.24) is 14.5 Å². The van der Waals surface area contributed by atoms with Gasteiger partial charge in [0.05, 0.1) is 11.0 Å². The Balaban J connectivity index is 1.56. The zero-order chi connectivity index (χ0) is 26.9. The SMILES string of the molecule is CC(C)n1c(C2CCOCC2)nc2cc(C(=O)Nc3ccc(OC(F)(F)Cl)cc3)cc(-c3cccnc3)c21. The molecular formula is C28H27ClF2N4O3. The van der Waals surface area contributed by atoms with Crippen LogP contribution in [0, 0.1) is 0 Å². The fourth-order valence-electron chi connectivity index (χ4n) is 4.83. The molecule has 7 nitrogen and oxygen atoms in total. The molecule has 2 aromatic heterocycles. The van der Waals surface area contributed by atoms with Crippen LogP contribution in [0.1, 0.15) is 54.8 Å². The van der Waals surface area contributed by atoms with Gasteiger partial charge in [-0.3, -0.25) is 9.78 Å². The summed E-state index contributed by atoms with van der Waals surface area (Å²) in [6.45, 7) is 5.65. The summed E-state index contributed by atoms with van der Waals surface area (Å²) in [5.41, 5.74) is 0.416. The Hall–Kier alpha value is -3.56. The third-order valence-electron chi connectivity index (χ3n) is 6.50. The minimum absolute atomic E-state index is 0.122. The lowest BCUT2D eigenvalue weighted by Gasteiger charge is -2.24. The van der Waals surface area contributed by atoms with Gasteiger partial charge in [-0.2, -0.15) is 0 Å². The molecule has 0 spiro atoms. The molecule has 198 valence electrons. The van der Waals surface area contributed by atoms with Crippen molar-refractivity contribution in [3.8, 4) is 16.9 Å². The minimum atomic E-state index is -3.81. The van der Waals surface area contributed by atoms with E-state index < -0.39 is 5.57 Å². The van der Waals surface area contributed by atoms with Crippen molar-refractivity contribution < 1.29 is 23.0 Å². The molecule has 1 amide bonds. The Labute approximate surface area is 223 Å². The van der Waals surface area contributed by atoms with E-state index in [-0.39, 0.29) is 23.6 Å². The third kappa shape index (κ3) is 5.63. The van der Waals surface area contributed by atoms with Crippen LogP contribution in [0.2, 0.25) is 0 Å². The highest BCUT2D eigenvalue weighted by atomic mass is 35.5. The number of alkyl halides is 3. The number of ether oxygens (including phenoxy) is 2. The molecule has 5 rings (SSSR count). The number of carbonyl (C=O) groups is 1. The van der Waals surface area contributed by atoms with E-state index in [0.29, 0.717) is 24.5 Å². The number of fused-ring (bicyclic) bond motifs is 1. The van der Waals surface area contributed by atoms with Crippen LogP contribution >= 0.6 is 11.6 Å². The van der Waals surface area contributed by atoms with Crippen LogP contribution in [0.25, 0.3) is 22.2 Å². The summed E-state index contributed by atoms with van der Waals surface area (Å²) in [6, 6.07) is 13.1. The Morgan fingerprint density at radius 2 is 1.92 bits per heavy atom. The predicted octanol–water partition coefficient (Wildman–Crippen LogP) is 6.99. The number of anilines is 1. The molecule has 1 aliphatic heterocycles. The fourth-order valence-corrected chi connectivity index (χ4v) is 4.92. The van der Waals surface area contributed by atoms with Crippen molar-refractivity contribution in [2.75, 3.05) is 18.5 Å². The largest absolute Gasteiger partial charge is 0.487 e. The average molecular weight is 541 g/mol. The van der Waals surface area contributed by atoms with E-state index in [2.05, 4.69) is 33.5 Å². The molecule has 4 aromatic rings. The molecule has 0 radical (unpaired) electrons. The van der Waals surface area contributed by atoms with Gasteiger partial charge in [0.25, 0.3) is 5.91 Å². The second-order valence-corrected chi connectivity index (χ2v) is 9.92. The number of pyridine rings is 1. The maximum absolute atomic E-state index is 13.3. The van der Waals surface area contributed by atoms with Gasteiger partial charge < -0.3 is 19.4 Å². The smallest absolute Gasteiger partial charge is 0.420 e. The number of benzene rings is 2. The molecule has 0 unspecified atom stereocenters. The van der Waals surface area contributed by atoms with E-state index in [0.717, 1.165) is 40.8 Å². The van der Waals surface area contributed by atoms with Gasteiger partial charge in [0, 0.05) is 71.5 Å². The lowest BCUT2D eigenvalue weighted by atomic mass is 9.99. The Morgan fingerprint density at radius 1 is 1.18 bits per heavy atom. The highest BCUT2D eigenvalue weighted by Gasteiger charge is 2.28. The molecule has 1 N–H and O–H groups in total. The Morgan fingerprint density at radius 3 is 2.55 bits per heavy atom. The van der Waals surface area contributed by atoms with Crippen molar-refractivity contribution in [2.24, 2.45) is 0 Å². The van der Waals surface area contributed by atoms with Gasteiger partial charge in [0.15, 0.2) is 0 Å². The molecule has 1 fully saturated rings. The van der Waals surface area contributed by atoms with E-state index in [1.54, 1.807) is 18.5 Å². The van der Waals surface area contributed by atoms with Gasteiger partial charge in [0.1, 0.15) is 11.6 Å². The van der Waals surface area contributed by atoms with Crippen molar-refractivity contribution in [1.29, 1.82) is 0 Å². The lowest BCUT2D eigenvalue weighted by Crippen LogP contribution is -2.19. The van der Waals surface area contributed by atoms with Crippen LogP contribution in [-0.2, 0) is 4.74 Å². The quantitative estimate of drug-likeness (QED) is 0.255. The summed E-state index contributed by atoms with van der Waals surface area (Å²) >= 11 is 4.82. The normalized spacial score (nSPS) is 14.7. The first kappa shape index (κ1) is 26.1. The number of nitrogens with one attached hydrogen (secondary N) is 1. The van der Waals surface area contributed by atoms with Crippen molar-refractivity contribution in [3.05, 3.63) is 72.3 Å². The summed E-state index contributed by atoms with van der Waals surface area (Å²) < 4.78 is 38.0. The number of amides is 1. The van der Waals surface area contributed by atoms with Crippen molar-refractivity contribution in [2.45, 2.75) is 44.2 Å². The van der Waals surface area contributed by atoms with Crippen molar-refractivity contribution in [3.63, 3.8) is 0 Å². The van der Waals surface area contributed by atoms with Gasteiger partial charge in [-0.25, -0.2) is 4.98 Å². The van der Waals surface area contributed by atoms with Gasteiger partial charge in [0.2, 0.25) is 0 Å². The van der Waals surface area contributed by atoms with Crippen LogP contribution in [0.4, 0.5) is 14.5 Å². The molecule has 0 aliphatic carbocycles. The molecular weight excluding hydrogens is 514 g/mol. The van der Waals surface area contributed by atoms with E-state index in [1.807, 2.05) is 18.2 Å². The first-order valence-electron chi connectivity index (χ1n) is 12.4. The number of hydrogen-bond donors (Lipinski definition) is 1. The highest BCUT2D eigenvalue weighted by molar-refractivity contribution is 6.20. The topological polar surface area (TPSA) is 78.3 Å². The molecule has 38 heavy (non-hydrogen) atoms. The first-order valence-corrected chi connectivity index (χ1v) is 12.8. The van der Waals surface area contributed by atoms with Crippen LogP contribution in [0.15, 0.2) is 60.9 Å². The average Bonchev–Trinajstić information content (AvgIpc) is 3.29. The van der Waals surface area contributed by atoms with Crippen LogP contribution in [0.3, 0.4) is 0 Å². The molecule has 1 aliphatic rings. The second kappa shape index (κ2) is 10.7. The maximum Gasteiger partial charge on any atom is 0.487 e. The molecule has 1 saturated heterocycles. The van der Waals surface area contributed by atoms with Gasteiger partial charge in [-0.1, -0.05) is 6.07 Å².